The standard InChI is InChI=1S/C27H27N5O5/c1-3-17-18-10-16(36-9-5-8-31-15-28-14-29-31)6-7-22(18)30-24-19(17)12-32-23(24)11-21-20(25(32)33)13-37-26(34)27(21,35)4-2/h6-7,10-11,14-15,35H,3-5,8-9,12-13H2,1-2H3/t27-/m0/s1. The van der Waals surface area contributed by atoms with Gasteiger partial charge in [0, 0.05) is 29.5 Å². The third-order valence-electron chi connectivity index (χ3n) is 7.40. The zero-order valence-electron chi connectivity index (χ0n) is 20.7. The van der Waals surface area contributed by atoms with Gasteiger partial charge in [0.25, 0.3) is 5.56 Å². The number of hydrogen-bond donors (Lipinski definition) is 1. The molecule has 0 bridgehead atoms. The van der Waals surface area contributed by atoms with Crippen molar-refractivity contribution >= 4 is 16.9 Å². The Hall–Kier alpha value is -4.05. The van der Waals surface area contributed by atoms with E-state index in [-0.39, 0.29) is 18.6 Å². The van der Waals surface area contributed by atoms with Gasteiger partial charge in [0.2, 0.25) is 0 Å². The summed E-state index contributed by atoms with van der Waals surface area (Å²) in [7, 11) is 0. The van der Waals surface area contributed by atoms with Crippen LogP contribution in [0.3, 0.4) is 0 Å². The molecule has 0 radical (unpaired) electrons. The fraction of sp³-hybridized carbons (Fsp3) is 0.370. The highest BCUT2D eigenvalue weighted by Gasteiger charge is 2.45. The zero-order chi connectivity index (χ0) is 25.7. The summed E-state index contributed by atoms with van der Waals surface area (Å²) in [5.41, 5.74) is 2.76. The molecule has 2 aliphatic heterocycles. The Kier molecular flexibility index (Phi) is 5.56. The summed E-state index contributed by atoms with van der Waals surface area (Å²) in [5, 5.41) is 16.2. The second-order valence-corrected chi connectivity index (χ2v) is 9.41. The van der Waals surface area contributed by atoms with Crippen LogP contribution in [0.1, 0.15) is 48.9 Å². The maximum Gasteiger partial charge on any atom is 0.343 e. The quantitative estimate of drug-likeness (QED) is 0.267. The van der Waals surface area contributed by atoms with E-state index in [1.54, 1.807) is 28.6 Å². The molecule has 0 aliphatic carbocycles. The van der Waals surface area contributed by atoms with Gasteiger partial charge in [-0.25, -0.2) is 14.8 Å². The molecule has 10 heteroatoms. The minimum atomic E-state index is -1.84. The van der Waals surface area contributed by atoms with Gasteiger partial charge in [-0.05, 0) is 42.7 Å². The van der Waals surface area contributed by atoms with E-state index in [1.807, 2.05) is 18.2 Å². The van der Waals surface area contributed by atoms with Gasteiger partial charge in [-0.15, -0.1) is 0 Å². The first-order valence-electron chi connectivity index (χ1n) is 12.5. The van der Waals surface area contributed by atoms with Gasteiger partial charge in [0.05, 0.1) is 35.6 Å². The molecule has 0 unspecified atom stereocenters. The molecule has 1 aromatic carbocycles. The van der Waals surface area contributed by atoms with E-state index in [0.29, 0.717) is 35.7 Å². The van der Waals surface area contributed by atoms with E-state index >= 15 is 0 Å². The highest BCUT2D eigenvalue weighted by atomic mass is 16.6. The lowest BCUT2D eigenvalue weighted by molar-refractivity contribution is -0.172. The normalized spacial score (nSPS) is 17.9. The Morgan fingerprint density at radius 3 is 2.81 bits per heavy atom. The van der Waals surface area contributed by atoms with E-state index in [1.165, 1.54) is 6.33 Å². The van der Waals surface area contributed by atoms with Gasteiger partial charge < -0.3 is 19.1 Å². The van der Waals surface area contributed by atoms with Crippen LogP contribution < -0.4 is 10.3 Å². The first kappa shape index (κ1) is 23.4. The summed E-state index contributed by atoms with van der Waals surface area (Å²) in [6.45, 7) is 5.29. The molecular weight excluding hydrogens is 474 g/mol. The molecule has 4 aromatic rings. The van der Waals surface area contributed by atoms with Crippen LogP contribution >= 0.6 is 0 Å². The minimum absolute atomic E-state index is 0.113. The predicted molar refractivity (Wildman–Crippen MR) is 134 cm³/mol. The molecule has 2 aliphatic rings. The van der Waals surface area contributed by atoms with Crippen molar-refractivity contribution in [3.05, 3.63) is 69.5 Å². The zero-order valence-corrected chi connectivity index (χ0v) is 20.7. The topological polar surface area (TPSA) is 121 Å². The highest BCUT2D eigenvalue weighted by molar-refractivity contribution is 5.90. The van der Waals surface area contributed by atoms with Crippen molar-refractivity contribution < 1.29 is 19.4 Å². The number of rotatable bonds is 7. The first-order valence-corrected chi connectivity index (χ1v) is 12.5. The first-order chi connectivity index (χ1) is 17.9. The largest absolute Gasteiger partial charge is 0.494 e. The summed E-state index contributed by atoms with van der Waals surface area (Å²) >= 11 is 0. The van der Waals surface area contributed by atoms with Crippen LogP contribution in [0.15, 0.2) is 41.7 Å². The predicted octanol–water partition coefficient (Wildman–Crippen LogP) is 2.70. The molecule has 0 amide bonds. The molecule has 1 atom stereocenters. The molecule has 0 saturated carbocycles. The van der Waals surface area contributed by atoms with Crippen molar-refractivity contribution in [1.82, 2.24) is 24.3 Å². The van der Waals surface area contributed by atoms with Crippen molar-refractivity contribution in [3.8, 4) is 17.1 Å². The van der Waals surface area contributed by atoms with E-state index in [9.17, 15) is 14.7 Å². The monoisotopic (exact) mass is 501 g/mol. The minimum Gasteiger partial charge on any atom is -0.494 e. The van der Waals surface area contributed by atoms with E-state index in [2.05, 4.69) is 17.0 Å². The number of aryl methyl sites for hydroxylation is 2. The molecule has 0 fully saturated rings. The van der Waals surface area contributed by atoms with Crippen molar-refractivity contribution in [2.45, 2.75) is 58.4 Å². The Labute approximate surface area is 212 Å². The Morgan fingerprint density at radius 1 is 1.19 bits per heavy atom. The number of nitrogens with zero attached hydrogens (tertiary/aromatic N) is 5. The van der Waals surface area contributed by atoms with Crippen LogP contribution in [-0.4, -0.2) is 42.0 Å². The average molecular weight is 502 g/mol. The summed E-state index contributed by atoms with van der Waals surface area (Å²) in [6.07, 6.45) is 4.86. The van der Waals surface area contributed by atoms with Gasteiger partial charge in [0.1, 0.15) is 25.0 Å². The van der Waals surface area contributed by atoms with Crippen molar-refractivity contribution in [3.63, 3.8) is 0 Å². The van der Waals surface area contributed by atoms with Crippen LogP contribution in [0.25, 0.3) is 22.3 Å². The molecule has 1 N–H and O–H groups in total. The van der Waals surface area contributed by atoms with Crippen LogP contribution in [-0.2, 0) is 41.2 Å². The third-order valence-corrected chi connectivity index (χ3v) is 7.40. The average Bonchev–Trinajstić information content (AvgIpc) is 3.56. The molecular formula is C27H27N5O5. The molecule has 6 rings (SSSR count). The number of hydrogen-bond acceptors (Lipinski definition) is 8. The lowest BCUT2D eigenvalue weighted by atomic mass is 9.86. The lowest BCUT2D eigenvalue weighted by Crippen LogP contribution is -2.44. The van der Waals surface area contributed by atoms with Crippen molar-refractivity contribution in [2.75, 3.05) is 6.61 Å². The number of fused-ring (bicyclic) bond motifs is 5. The number of aliphatic hydroxyl groups is 1. The number of cyclic esters (lactones) is 1. The maximum atomic E-state index is 13.5. The van der Waals surface area contributed by atoms with Crippen molar-refractivity contribution in [2.24, 2.45) is 0 Å². The van der Waals surface area contributed by atoms with Gasteiger partial charge in [0.15, 0.2) is 5.60 Å². The summed E-state index contributed by atoms with van der Waals surface area (Å²) in [6, 6.07) is 7.59. The SMILES string of the molecule is CCc1c2c(nc3ccc(OCCCn4cncn4)cc13)-c1cc3c(c(=O)n1C2)COC(=O)[C@]3(O)CC. The number of carbonyl (C=O) groups is 1. The maximum absolute atomic E-state index is 13.5. The summed E-state index contributed by atoms with van der Waals surface area (Å²) in [4.78, 5) is 34.8. The molecule has 190 valence electrons. The third kappa shape index (κ3) is 3.62. The molecule has 5 heterocycles. The van der Waals surface area contributed by atoms with Crippen molar-refractivity contribution in [1.29, 1.82) is 0 Å². The van der Waals surface area contributed by atoms with Gasteiger partial charge in [-0.3, -0.25) is 9.48 Å². The lowest BCUT2D eigenvalue weighted by Gasteiger charge is -2.31. The molecule has 0 spiro atoms. The fourth-order valence-electron chi connectivity index (χ4n) is 5.40. The number of aromatic nitrogens is 5. The molecule has 0 saturated heterocycles. The van der Waals surface area contributed by atoms with Crippen LogP contribution in [0, 0.1) is 0 Å². The van der Waals surface area contributed by atoms with Gasteiger partial charge in [-0.1, -0.05) is 13.8 Å². The smallest absolute Gasteiger partial charge is 0.343 e. The molecule has 37 heavy (non-hydrogen) atoms. The summed E-state index contributed by atoms with van der Waals surface area (Å²) < 4.78 is 14.6. The number of ether oxygens (including phenoxy) is 2. The van der Waals surface area contributed by atoms with Crippen LogP contribution in [0.2, 0.25) is 0 Å². The van der Waals surface area contributed by atoms with Gasteiger partial charge in [-0.2, -0.15) is 5.10 Å². The second-order valence-electron chi connectivity index (χ2n) is 9.41. The highest BCUT2D eigenvalue weighted by Crippen LogP contribution is 2.40. The second kappa shape index (κ2) is 8.81. The Balaban J connectivity index is 1.38. The summed E-state index contributed by atoms with van der Waals surface area (Å²) in [5.74, 6) is 0.0361. The van der Waals surface area contributed by atoms with E-state index < -0.39 is 11.6 Å². The van der Waals surface area contributed by atoms with Crippen LogP contribution in [0.5, 0.6) is 5.75 Å². The Bertz CT molecular complexity index is 1590. The fourth-order valence-corrected chi connectivity index (χ4v) is 5.40. The van der Waals surface area contributed by atoms with Gasteiger partial charge >= 0.3 is 5.97 Å². The Morgan fingerprint density at radius 2 is 2.05 bits per heavy atom. The number of benzene rings is 1. The number of carbonyl (C=O) groups excluding carboxylic acids is 1. The van der Waals surface area contributed by atoms with Crippen LogP contribution in [0.4, 0.5) is 0 Å². The molecule has 10 nitrogen and oxygen atoms in total. The van der Waals surface area contributed by atoms with E-state index in [4.69, 9.17) is 14.5 Å². The van der Waals surface area contributed by atoms with E-state index in [0.717, 1.165) is 47.2 Å². The molecule has 3 aromatic heterocycles. The number of pyridine rings is 2. The number of esters is 1.